The lowest BCUT2D eigenvalue weighted by atomic mass is 10.0. The van der Waals surface area contributed by atoms with Gasteiger partial charge in [-0.05, 0) is 62.7 Å². The molecule has 0 spiro atoms. The topological polar surface area (TPSA) is 25.2 Å². The average molecular weight is 363 g/mol. The molecule has 0 saturated heterocycles. The quantitative estimate of drug-likeness (QED) is 0.882. The van der Waals surface area contributed by atoms with Crippen LogP contribution < -0.4 is 5.32 Å². The SMILES string of the molecule is CNC(c1ccc(F)c(Br)c1)c1occc1Br. The third kappa shape index (κ3) is 2.61. The number of benzene rings is 1. The van der Waals surface area contributed by atoms with Crippen LogP contribution in [0.3, 0.4) is 0 Å². The van der Waals surface area contributed by atoms with Crippen LogP contribution in [0.2, 0.25) is 0 Å². The number of nitrogens with one attached hydrogen (secondary N) is 1. The maximum Gasteiger partial charge on any atom is 0.139 e. The molecule has 1 aromatic carbocycles. The predicted octanol–water partition coefficient (Wildman–Crippen LogP) is 4.25. The van der Waals surface area contributed by atoms with Gasteiger partial charge in [0, 0.05) is 0 Å². The molecule has 2 nitrogen and oxygen atoms in total. The van der Waals surface area contributed by atoms with Gasteiger partial charge in [0.15, 0.2) is 0 Å². The summed E-state index contributed by atoms with van der Waals surface area (Å²) in [6, 6.07) is 6.62. The summed E-state index contributed by atoms with van der Waals surface area (Å²) in [5.41, 5.74) is 0.927. The number of halogens is 3. The van der Waals surface area contributed by atoms with Crippen LogP contribution in [0.4, 0.5) is 4.39 Å². The molecule has 17 heavy (non-hydrogen) atoms. The van der Waals surface area contributed by atoms with Crippen molar-refractivity contribution in [1.29, 1.82) is 0 Å². The Balaban J connectivity index is 2.42. The van der Waals surface area contributed by atoms with Crippen LogP contribution in [0, 0.1) is 5.82 Å². The molecule has 1 heterocycles. The first-order valence-electron chi connectivity index (χ1n) is 4.98. The highest BCUT2D eigenvalue weighted by Crippen LogP contribution is 2.31. The number of rotatable bonds is 3. The van der Waals surface area contributed by atoms with Crippen LogP contribution in [0.5, 0.6) is 0 Å². The highest BCUT2D eigenvalue weighted by atomic mass is 79.9. The lowest BCUT2D eigenvalue weighted by molar-refractivity contribution is 0.460. The highest BCUT2D eigenvalue weighted by Gasteiger charge is 2.19. The molecular weight excluding hydrogens is 353 g/mol. The van der Waals surface area contributed by atoms with Crippen LogP contribution in [-0.2, 0) is 0 Å². The van der Waals surface area contributed by atoms with Gasteiger partial charge in [0.05, 0.1) is 21.3 Å². The molecule has 0 amide bonds. The summed E-state index contributed by atoms with van der Waals surface area (Å²) < 4.78 is 19.9. The van der Waals surface area contributed by atoms with Crippen molar-refractivity contribution in [3.8, 4) is 0 Å². The Hall–Kier alpha value is -0.650. The molecule has 0 bridgehead atoms. The van der Waals surface area contributed by atoms with E-state index >= 15 is 0 Å². The van der Waals surface area contributed by atoms with Gasteiger partial charge in [0.25, 0.3) is 0 Å². The minimum atomic E-state index is -0.276. The zero-order chi connectivity index (χ0) is 12.4. The second-order valence-corrected chi connectivity index (χ2v) is 5.24. The van der Waals surface area contributed by atoms with E-state index in [0.717, 1.165) is 15.8 Å². The monoisotopic (exact) mass is 361 g/mol. The van der Waals surface area contributed by atoms with Crippen LogP contribution >= 0.6 is 31.9 Å². The number of hydrogen-bond acceptors (Lipinski definition) is 2. The Morgan fingerprint density at radius 1 is 1.24 bits per heavy atom. The first kappa shape index (κ1) is 12.8. The third-order valence-electron chi connectivity index (χ3n) is 2.47. The van der Waals surface area contributed by atoms with Gasteiger partial charge in [-0.2, -0.15) is 0 Å². The molecular formula is C12H10Br2FNO. The molecule has 0 radical (unpaired) electrons. The molecule has 1 N–H and O–H groups in total. The maximum absolute atomic E-state index is 13.2. The van der Waals surface area contributed by atoms with E-state index in [9.17, 15) is 4.39 Å². The van der Waals surface area contributed by atoms with Gasteiger partial charge in [-0.25, -0.2) is 4.39 Å². The lowest BCUT2D eigenvalue weighted by Gasteiger charge is -2.15. The zero-order valence-electron chi connectivity index (χ0n) is 9.01. The van der Waals surface area contributed by atoms with Gasteiger partial charge >= 0.3 is 0 Å². The summed E-state index contributed by atoms with van der Waals surface area (Å²) in [7, 11) is 1.83. The van der Waals surface area contributed by atoms with Crippen LogP contribution in [0.15, 0.2) is 43.9 Å². The molecule has 2 aromatic rings. The van der Waals surface area contributed by atoms with E-state index in [1.54, 1.807) is 18.4 Å². The van der Waals surface area contributed by atoms with Crippen LogP contribution in [-0.4, -0.2) is 7.05 Å². The molecule has 0 fully saturated rings. The molecule has 0 aliphatic heterocycles. The first-order valence-corrected chi connectivity index (χ1v) is 6.57. The van der Waals surface area contributed by atoms with Crippen LogP contribution in [0.25, 0.3) is 0 Å². The van der Waals surface area contributed by atoms with Crippen molar-refractivity contribution in [2.45, 2.75) is 6.04 Å². The summed E-state index contributed by atoms with van der Waals surface area (Å²) in [5.74, 6) is 0.494. The van der Waals surface area contributed by atoms with Gasteiger partial charge in [-0.1, -0.05) is 6.07 Å². The average Bonchev–Trinajstić information content (AvgIpc) is 2.71. The maximum atomic E-state index is 13.2. The lowest BCUT2D eigenvalue weighted by Crippen LogP contribution is -2.17. The van der Waals surface area contributed by atoms with Crippen molar-refractivity contribution in [3.05, 3.63) is 56.6 Å². The van der Waals surface area contributed by atoms with Crippen molar-refractivity contribution >= 4 is 31.9 Å². The van der Waals surface area contributed by atoms with E-state index in [0.29, 0.717) is 4.47 Å². The van der Waals surface area contributed by atoms with E-state index in [2.05, 4.69) is 37.2 Å². The van der Waals surface area contributed by atoms with Gasteiger partial charge in [0.2, 0.25) is 0 Å². The van der Waals surface area contributed by atoms with Crippen LogP contribution in [0.1, 0.15) is 17.4 Å². The Bertz CT molecular complexity index is 527. The van der Waals surface area contributed by atoms with Crippen molar-refractivity contribution in [2.75, 3.05) is 7.05 Å². The fourth-order valence-electron chi connectivity index (χ4n) is 1.65. The van der Waals surface area contributed by atoms with Gasteiger partial charge in [-0.15, -0.1) is 0 Å². The highest BCUT2D eigenvalue weighted by molar-refractivity contribution is 9.10. The van der Waals surface area contributed by atoms with E-state index in [1.165, 1.54) is 6.07 Å². The fourth-order valence-corrected chi connectivity index (χ4v) is 2.48. The van der Waals surface area contributed by atoms with Crippen molar-refractivity contribution < 1.29 is 8.81 Å². The fraction of sp³-hybridized carbons (Fsp3) is 0.167. The van der Waals surface area contributed by atoms with Gasteiger partial charge in [0.1, 0.15) is 11.6 Å². The van der Waals surface area contributed by atoms with Crippen molar-refractivity contribution in [3.63, 3.8) is 0 Å². The largest absolute Gasteiger partial charge is 0.466 e. The van der Waals surface area contributed by atoms with E-state index < -0.39 is 0 Å². The zero-order valence-corrected chi connectivity index (χ0v) is 12.2. The summed E-state index contributed by atoms with van der Waals surface area (Å²) >= 11 is 6.60. The molecule has 0 saturated carbocycles. The molecule has 0 aliphatic carbocycles. The number of furan rings is 1. The molecule has 90 valence electrons. The molecule has 1 aromatic heterocycles. The summed E-state index contributed by atoms with van der Waals surface area (Å²) in [4.78, 5) is 0. The molecule has 1 unspecified atom stereocenters. The molecule has 1 atom stereocenters. The third-order valence-corrected chi connectivity index (χ3v) is 3.74. The number of hydrogen-bond donors (Lipinski definition) is 1. The minimum Gasteiger partial charge on any atom is -0.466 e. The second-order valence-electron chi connectivity index (χ2n) is 3.53. The first-order chi connectivity index (χ1) is 8.13. The minimum absolute atomic E-state index is 0.115. The van der Waals surface area contributed by atoms with Gasteiger partial charge < -0.3 is 9.73 Å². The Morgan fingerprint density at radius 2 is 2.00 bits per heavy atom. The van der Waals surface area contributed by atoms with Crippen molar-refractivity contribution in [1.82, 2.24) is 5.32 Å². The summed E-state index contributed by atoms with van der Waals surface area (Å²) in [5, 5.41) is 3.14. The Morgan fingerprint density at radius 3 is 2.53 bits per heavy atom. The molecule has 0 aliphatic rings. The predicted molar refractivity (Wildman–Crippen MR) is 71.4 cm³/mol. The molecule has 5 heteroatoms. The van der Waals surface area contributed by atoms with E-state index in [1.807, 2.05) is 13.1 Å². The Labute approximate surface area is 115 Å². The van der Waals surface area contributed by atoms with Gasteiger partial charge in [-0.3, -0.25) is 0 Å². The summed E-state index contributed by atoms with van der Waals surface area (Å²) in [6.45, 7) is 0. The summed E-state index contributed by atoms with van der Waals surface area (Å²) in [6.07, 6.45) is 1.61. The normalized spacial score (nSPS) is 12.7. The van der Waals surface area contributed by atoms with Crippen molar-refractivity contribution in [2.24, 2.45) is 0 Å². The van der Waals surface area contributed by atoms with E-state index in [4.69, 9.17) is 4.42 Å². The smallest absolute Gasteiger partial charge is 0.139 e. The second kappa shape index (κ2) is 5.33. The van der Waals surface area contributed by atoms with E-state index in [-0.39, 0.29) is 11.9 Å². The Kier molecular flexibility index (Phi) is 4.01. The molecule has 2 rings (SSSR count). The standard InChI is InChI=1S/C12H10Br2FNO/c1-16-11(12-8(13)4-5-17-12)7-2-3-10(15)9(14)6-7/h2-6,11,16H,1H3.